The molecule has 0 spiro atoms. The molecule has 0 saturated heterocycles. The smallest absolute Gasteiger partial charge is 0.334 e. The van der Waals surface area contributed by atoms with Crippen LogP contribution in [0.3, 0.4) is 0 Å². The van der Waals surface area contributed by atoms with Gasteiger partial charge in [-0.2, -0.15) is 0 Å². The van der Waals surface area contributed by atoms with E-state index in [2.05, 4.69) is 0 Å². The average molecular weight is 441 g/mol. The highest BCUT2D eigenvalue weighted by Gasteiger charge is 2.58. The summed E-state index contributed by atoms with van der Waals surface area (Å²) in [5, 5.41) is -2.12. The first kappa shape index (κ1) is 24.5. The van der Waals surface area contributed by atoms with Gasteiger partial charge in [0.05, 0.1) is 32.1 Å². The van der Waals surface area contributed by atoms with Crippen LogP contribution < -0.4 is 0 Å². The van der Waals surface area contributed by atoms with Crippen LogP contribution in [0.1, 0.15) is 37.8 Å². The van der Waals surface area contributed by atoms with Crippen molar-refractivity contribution < 1.29 is 23.9 Å². The number of carbonyl (C=O) groups is 3. The highest BCUT2D eigenvalue weighted by Crippen LogP contribution is 2.49. The lowest BCUT2D eigenvalue weighted by Crippen LogP contribution is -2.54. The summed E-state index contributed by atoms with van der Waals surface area (Å²) in [4.78, 5) is 43.9. The number of rotatable bonds is 7. The minimum absolute atomic E-state index is 0.0231. The van der Waals surface area contributed by atoms with Gasteiger partial charge in [0.15, 0.2) is 5.54 Å². The minimum atomic E-state index is -2.12. The predicted molar refractivity (Wildman–Crippen MR) is 127 cm³/mol. The van der Waals surface area contributed by atoms with Gasteiger partial charge in [-0.25, -0.2) is 4.79 Å². The van der Waals surface area contributed by atoms with E-state index in [1.54, 1.807) is 13.8 Å². The molecule has 0 aromatic heterocycles. The van der Waals surface area contributed by atoms with Crippen molar-refractivity contribution in [3.05, 3.63) is 71.8 Å². The lowest BCUT2D eigenvalue weighted by molar-refractivity contribution is -0.157. The fourth-order valence-electron chi connectivity index (χ4n) is 4.09. The largest absolute Gasteiger partial charge is 0.466 e. The summed E-state index contributed by atoms with van der Waals surface area (Å²) < 4.78 is 10.4. The van der Waals surface area contributed by atoms with Gasteiger partial charge in [-0.05, 0) is 32.5 Å². The van der Waals surface area contributed by atoms with Crippen LogP contribution >= 0.6 is 0 Å². The Morgan fingerprint density at radius 1 is 0.939 bits per heavy atom. The molecule has 3 atom stereocenters. The van der Waals surface area contributed by atoms with Crippen LogP contribution in [0.15, 0.2) is 65.7 Å². The molecule has 2 aromatic rings. The zero-order valence-electron chi connectivity index (χ0n) is 18.8. The molecule has 3 unspecified atom stereocenters. The Labute approximate surface area is 196 Å². The van der Waals surface area contributed by atoms with Gasteiger partial charge in [0.2, 0.25) is 0 Å². The summed E-state index contributed by atoms with van der Waals surface area (Å²) >= 11 is 0. The second-order valence-corrected chi connectivity index (χ2v) is 7.99. The number of Topliss-reactive ketones (excluding diaryl/α,β-unsaturated/α-hetero) is 1. The monoisotopic (exact) mass is 441 g/mol. The topological polar surface area (TPSA) is 82.0 Å². The quantitative estimate of drug-likeness (QED) is 0.286. The molecule has 0 bridgehead atoms. The number of carbonyl (C=O) groups excluding carboxylic acids is 3. The van der Waals surface area contributed by atoms with Gasteiger partial charge in [0.25, 0.3) is 0 Å². The second-order valence-electron chi connectivity index (χ2n) is 7.99. The summed E-state index contributed by atoms with van der Waals surface area (Å²) in [6, 6.07) is 18.6. The molecule has 0 heterocycles. The van der Waals surface area contributed by atoms with E-state index in [4.69, 9.17) is 30.2 Å². The van der Waals surface area contributed by atoms with E-state index in [0.29, 0.717) is 5.71 Å². The van der Waals surface area contributed by atoms with E-state index >= 15 is 0 Å². The van der Waals surface area contributed by atoms with Gasteiger partial charge in [-0.15, -0.1) is 0 Å². The molecule has 1 aliphatic carbocycles. The van der Waals surface area contributed by atoms with E-state index in [1.165, 1.54) is 0 Å². The molecule has 8 heteroatoms. The molecule has 0 aliphatic heterocycles. The number of esters is 2. The standard InChI is InChI=1S/C25H25B2NO5/c1-3-32-22(30)24(15-19(26)21(29)25(27,16-24)23(31)33-4-2)28-20(17-11-7-5-8-12-17)18-13-9-6-10-14-18/h5-14,19H,3-4,15-16H2,1-2H3. The lowest BCUT2D eigenvalue weighted by atomic mass is 9.49. The average Bonchev–Trinajstić information content (AvgIpc) is 2.82. The fourth-order valence-corrected chi connectivity index (χ4v) is 4.09. The number of aliphatic imine (C=N–C) groups is 1. The third-order valence-electron chi connectivity index (χ3n) is 5.62. The molecule has 4 radical (unpaired) electrons. The van der Waals surface area contributed by atoms with Gasteiger partial charge in [-0.1, -0.05) is 60.7 Å². The Morgan fingerprint density at radius 3 is 1.91 bits per heavy atom. The van der Waals surface area contributed by atoms with Gasteiger partial charge >= 0.3 is 11.9 Å². The molecule has 1 saturated carbocycles. The van der Waals surface area contributed by atoms with Gasteiger partial charge in [0.1, 0.15) is 13.6 Å². The molecule has 0 amide bonds. The number of ketones is 1. The summed E-state index contributed by atoms with van der Waals surface area (Å²) in [6.07, 6.45) is -0.556. The van der Waals surface area contributed by atoms with E-state index in [9.17, 15) is 14.4 Å². The minimum Gasteiger partial charge on any atom is -0.466 e. The third-order valence-corrected chi connectivity index (χ3v) is 5.62. The fraction of sp³-hybridized carbons (Fsp3) is 0.360. The summed E-state index contributed by atoms with van der Waals surface area (Å²) in [5.74, 6) is -3.52. The Hall–Kier alpha value is -3.15. The van der Waals surface area contributed by atoms with Crippen LogP contribution in [0.2, 0.25) is 11.1 Å². The number of benzene rings is 2. The van der Waals surface area contributed by atoms with Crippen molar-refractivity contribution in [3.63, 3.8) is 0 Å². The maximum Gasteiger partial charge on any atom is 0.334 e. The highest BCUT2D eigenvalue weighted by atomic mass is 16.5. The van der Waals surface area contributed by atoms with Gasteiger partial charge in [0, 0.05) is 11.1 Å². The third kappa shape index (κ3) is 4.95. The molecule has 166 valence electrons. The first-order valence-electron chi connectivity index (χ1n) is 10.9. The Balaban J connectivity index is 2.24. The van der Waals surface area contributed by atoms with Crippen LogP contribution in [-0.2, 0) is 23.9 Å². The molecule has 3 rings (SSSR count). The zero-order valence-corrected chi connectivity index (χ0v) is 18.8. The molecule has 1 aliphatic rings. The lowest BCUT2D eigenvalue weighted by Gasteiger charge is -2.43. The highest BCUT2D eigenvalue weighted by molar-refractivity contribution is 6.46. The van der Waals surface area contributed by atoms with Crippen molar-refractivity contribution in [2.75, 3.05) is 13.2 Å². The molecule has 33 heavy (non-hydrogen) atoms. The van der Waals surface area contributed by atoms with Crippen molar-refractivity contribution >= 4 is 39.1 Å². The number of hydrogen-bond donors (Lipinski definition) is 0. The van der Waals surface area contributed by atoms with E-state index in [0.717, 1.165) is 11.1 Å². The molecule has 0 N–H and O–H groups in total. The van der Waals surface area contributed by atoms with Gasteiger partial charge in [-0.3, -0.25) is 14.6 Å². The van der Waals surface area contributed by atoms with E-state index in [1.807, 2.05) is 60.7 Å². The van der Waals surface area contributed by atoms with E-state index < -0.39 is 40.8 Å². The van der Waals surface area contributed by atoms with Crippen LogP contribution in [0.25, 0.3) is 0 Å². The second kappa shape index (κ2) is 10.2. The Bertz CT molecular complexity index is 1000. The Morgan fingerprint density at radius 2 is 1.42 bits per heavy atom. The Kier molecular flexibility index (Phi) is 7.57. The zero-order chi connectivity index (χ0) is 24.1. The summed E-state index contributed by atoms with van der Waals surface area (Å²) in [7, 11) is 12.4. The van der Waals surface area contributed by atoms with Crippen LogP contribution in [0.5, 0.6) is 0 Å². The molecule has 2 aromatic carbocycles. The van der Waals surface area contributed by atoms with Crippen LogP contribution in [0, 0.1) is 0 Å². The SMILES string of the molecule is [B]C1CC(N=C(c2ccccc2)c2ccccc2)(C(=O)OCC)CC([B])(C(=O)OCC)C1=O. The first-order chi connectivity index (χ1) is 15.8. The van der Waals surface area contributed by atoms with Crippen molar-refractivity contribution in [2.45, 2.75) is 43.4 Å². The summed E-state index contributed by atoms with van der Waals surface area (Å²) in [6.45, 7) is 3.38. The first-order valence-corrected chi connectivity index (χ1v) is 10.9. The van der Waals surface area contributed by atoms with Crippen molar-refractivity contribution in [1.29, 1.82) is 0 Å². The number of ether oxygens (including phenoxy) is 2. The molecule has 6 nitrogen and oxygen atoms in total. The maximum absolute atomic E-state index is 13.3. The normalized spacial score (nSPS) is 24.5. The number of hydrogen-bond acceptors (Lipinski definition) is 6. The van der Waals surface area contributed by atoms with Crippen molar-refractivity contribution in [2.24, 2.45) is 4.99 Å². The predicted octanol–water partition coefficient (Wildman–Crippen LogP) is 3.04. The summed E-state index contributed by atoms with van der Waals surface area (Å²) in [5.41, 5.74) is 0.330. The molecule has 1 fully saturated rings. The van der Waals surface area contributed by atoms with Gasteiger partial charge < -0.3 is 9.47 Å². The molecular formula is C25H25B2NO5. The molecular weight excluding hydrogens is 416 g/mol. The van der Waals surface area contributed by atoms with Crippen LogP contribution in [0.4, 0.5) is 0 Å². The van der Waals surface area contributed by atoms with Crippen molar-refractivity contribution in [3.8, 4) is 0 Å². The van der Waals surface area contributed by atoms with E-state index in [-0.39, 0.29) is 19.6 Å². The van der Waals surface area contributed by atoms with Crippen molar-refractivity contribution in [1.82, 2.24) is 0 Å². The van der Waals surface area contributed by atoms with Crippen LogP contribution in [-0.4, -0.2) is 57.9 Å². The maximum atomic E-state index is 13.3. The number of nitrogens with zero attached hydrogens (tertiary/aromatic N) is 1.